The number of hydrogen-bond donors (Lipinski definition) is 3. The fourth-order valence-electron chi connectivity index (χ4n) is 2.17. The molecule has 0 aliphatic heterocycles. The third-order valence-corrected chi connectivity index (χ3v) is 3.47. The average Bonchev–Trinajstić information content (AvgIpc) is 2.54. The molecule has 3 N–H and O–H groups in total. The Hall–Kier alpha value is -1.38. The van der Waals surface area contributed by atoms with Crippen LogP contribution in [0, 0.1) is 5.92 Å². The molecule has 1 aromatic rings. The summed E-state index contributed by atoms with van der Waals surface area (Å²) in [6, 6.07) is 3.55. The highest BCUT2D eigenvalue weighted by Crippen LogP contribution is 2.36. The molecule has 0 spiro atoms. The van der Waals surface area contributed by atoms with E-state index >= 15 is 0 Å². The van der Waals surface area contributed by atoms with Gasteiger partial charge in [-0.25, -0.2) is 0 Å². The number of benzene rings is 1. The molecule has 1 rings (SSSR count). The van der Waals surface area contributed by atoms with Crippen LogP contribution >= 0.6 is 24.0 Å². The SMILES string of the molecule is CN=C(NCCCC(C)C)NCc1cc(OC)c(O)c(OC)c1.I. The maximum atomic E-state index is 9.92. The standard InChI is InChI=1S/C17H29N3O3.HI/c1-12(2)7-6-8-19-17(18-3)20-11-13-9-14(22-4)16(21)15(10-13)23-5;/h9-10,12,21H,6-8,11H2,1-5H3,(H2,18,19,20);1H. The van der Waals surface area contributed by atoms with Crippen molar-refractivity contribution in [2.45, 2.75) is 33.2 Å². The molecule has 0 fully saturated rings. The van der Waals surface area contributed by atoms with E-state index in [1.807, 2.05) is 0 Å². The van der Waals surface area contributed by atoms with Gasteiger partial charge in [0.15, 0.2) is 17.5 Å². The number of nitrogens with zero attached hydrogens (tertiary/aromatic N) is 1. The second-order valence-corrected chi connectivity index (χ2v) is 5.74. The summed E-state index contributed by atoms with van der Waals surface area (Å²) in [4.78, 5) is 4.21. The van der Waals surface area contributed by atoms with Crippen molar-refractivity contribution in [2.24, 2.45) is 10.9 Å². The Bertz CT molecular complexity index is 497. The van der Waals surface area contributed by atoms with E-state index in [1.54, 1.807) is 19.2 Å². The van der Waals surface area contributed by atoms with Crippen LogP contribution in [0.1, 0.15) is 32.3 Å². The lowest BCUT2D eigenvalue weighted by atomic mass is 10.1. The highest BCUT2D eigenvalue weighted by Gasteiger charge is 2.11. The molecule has 0 saturated carbocycles. The van der Waals surface area contributed by atoms with Crippen LogP contribution in [0.25, 0.3) is 0 Å². The molecule has 0 radical (unpaired) electrons. The van der Waals surface area contributed by atoms with Gasteiger partial charge in [-0.05, 0) is 36.5 Å². The number of aliphatic imine (C=N–C) groups is 1. The second kappa shape index (κ2) is 12.0. The molecule has 0 bridgehead atoms. The van der Waals surface area contributed by atoms with Crippen LogP contribution in [0.2, 0.25) is 0 Å². The van der Waals surface area contributed by atoms with Crippen LogP contribution in [0.4, 0.5) is 0 Å². The first-order valence-corrected chi connectivity index (χ1v) is 7.90. The lowest BCUT2D eigenvalue weighted by Crippen LogP contribution is -2.37. The maximum Gasteiger partial charge on any atom is 0.200 e. The summed E-state index contributed by atoms with van der Waals surface area (Å²) in [6.07, 6.45) is 2.30. The van der Waals surface area contributed by atoms with E-state index in [-0.39, 0.29) is 29.7 Å². The number of phenols is 1. The van der Waals surface area contributed by atoms with Crippen molar-refractivity contribution in [1.29, 1.82) is 0 Å². The summed E-state index contributed by atoms with van der Waals surface area (Å²) in [5.41, 5.74) is 0.932. The number of nitrogens with one attached hydrogen (secondary N) is 2. The summed E-state index contributed by atoms with van der Waals surface area (Å²) in [7, 11) is 4.78. The topological polar surface area (TPSA) is 75.1 Å². The minimum Gasteiger partial charge on any atom is -0.502 e. The Balaban J connectivity index is 0.00000529. The van der Waals surface area contributed by atoms with Crippen LogP contribution in [-0.2, 0) is 6.54 Å². The van der Waals surface area contributed by atoms with E-state index in [0.717, 1.165) is 24.5 Å². The van der Waals surface area contributed by atoms with Crippen molar-refractivity contribution in [2.75, 3.05) is 27.8 Å². The van der Waals surface area contributed by atoms with Crippen LogP contribution in [0.3, 0.4) is 0 Å². The molecule has 0 aliphatic carbocycles. The molecule has 6 nitrogen and oxygen atoms in total. The van der Waals surface area contributed by atoms with E-state index in [0.29, 0.717) is 24.0 Å². The van der Waals surface area contributed by atoms with Crippen molar-refractivity contribution in [3.8, 4) is 17.2 Å². The lowest BCUT2D eigenvalue weighted by molar-refractivity contribution is 0.339. The number of ether oxygens (including phenoxy) is 2. The van der Waals surface area contributed by atoms with Gasteiger partial charge in [-0.3, -0.25) is 4.99 Å². The van der Waals surface area contributed by atoms with Crippen molar-refractivity contribution >= 4 is 29.9 Å². The van der Waals surface area contributed by atoms with Crippen molar-refractivity contribution in [1.82, 2.24) is 10.6 Å². The number of guanidine groups is 1. The minimum absolute atomic E-state index is 0. The number of phenolic OH excluding ortho intramolecular Hbond substituents is 1. The quantitative estimate of drug-likeness (QED) is 0.245. The largest absolute Gasteiger partial charge is 0.502 e. The Morgan fingerprint density at radius 1 is 1.17 bits per heavy atom. The summed E-state index contributed by atoms with van der Waals surface area (Å²) in [5, 5.41) is 16.5. The monoisotopic (exact) mass is 451 g/mol. The van der Waals surface area contributed by atoms with Crippen LogP contribution in [0.5, 0.6) is 17.2 Å². The van der Waals surface area contributed by atoms with Gasteiger partial charge in [-0.2, -0.15) is 0 Å². The first kappa shape index (κ1) is 22.6. The molecule has 0 atom stereocenters. The highest BCUT2D eigenvalue weighted by molar-refractivity contribution is 14.0. The van der Waals surface area contributed by atoms with Crippen molar-refractivity contribution in [3.63, 3.8) is 0 Å². The zero-order valence-corrected chi connectivity index (χ0v) is 17.5. The van der Waals surface area contributed by atoms with Crippen molar-refractivity contribution < 1.29 is 14.6 Å². The molecule has 0 aliphatic rings. The second-order valence-electron chi connectivity index (χ2n) is 5.74. The van der Waals surface area contributed by atoms with Gasteiger partial charge in [0.25, 0.3) is 0 Å². The van der Waals surface area contributed by atoms with Crippen LogP contribution < -0.4 is 20.1 Å². The van der Waals surface area contributed by atoms with E-state index < -0.39 is 0 Å². The Kier molecular flexibility index (Phi) is 11.4. The number of hydrogen-bond acceptors (Lipinski definition) is 4. The molecule has 0 saturated heterocycles. The molecule has 7 heteroatoms. The Morgan fingerprint density at radius 3 is 2.21 bits per heavy atom. The zero-order chi connectivity index (χ0) is 17.2. The van der Waals surface area contributed by atoms with Crippen molar-refractivity contribution in [3.05, 3.63) is 17.7 Å². The van der Waals surface area contributed by atoms with E-state index in [4.69, 9.17) is 9.47 Å². The van der Waals surface area contributed by atoms with Gasteiger partial charge in [0.1, 0.15) is 0 Å². The molecule has 1 aromatic carbocycles. The van der Waals surface area contributed by atoms with Gasteiger partial charge in [0, 0.05) is 20.1 Å². The number of methoxy groups -OCH3 is 2. The lowest BCUT2D eigenvalue weighted by Gasteiger charge is -2.14. The summed E-state index contributed by atoms with van der Waals surface area (Å²) >= 11 is 0. The van der Waals surface area contributed by atoms with E-state index in [9.17, 15) is 5.11 Å². The molecular weight excluding hydrogens is 421 g/mol. The molecule has 0 unspecified atom stereocenters. The number of halogens is 1. The Labute approximate surface area is 162 Å². The molecule has 0 aromatic heterocycles. The maximum absolute atomic E-state index is 9.92. The first-order chi connectivity index (χ1) is 11.0. The zero-order valence-electron chi connectivity index (χ0n) is 15.2. The Morgan fingerprint density at radius 2 is 1.75 bits per heavy atom. The molecule has 0 heterocycles. The number of aromatic hydroxyl groups is 1. The minimum atomic E-state index is 0. The first-order valence-electron chi connectivity index (χ1n) is 7.90. The summed E-state index contributed by atoms with van der Waals surface area (Å²) < 4.78 is 10.3. The summed E-state index contributed by atoms with van der Waals surface area (Å²) in [5.74, 6) is 2.25. The van der Waals surface area contributed by atoms with Gasteiger partial charge in [0.05, 0.1) is 14.2 Å². The van der Waals surface area contributed by atoms with E-state index in [2.05, 4.69) is 29.5 Å². The van der Waals surface area contributed by atoms with Gasteiger partial charge in [-0.1, -0.05) is 13.8 Å². The third kappa shape index (κ3) is 7.46. The normalized spacial score (nSPS) is 11.0. The van der Waals surface area contributed by atoms with Gasteiger partial charge < -0.3 is 25.2 Å². The summed E-state index contributed by atoms with van der Waals surface area (Å²) in [6.45, 7) is 5.88. The average molecular weight is 451 g/mol. The van der Waals surface area contributed by atoms with Gasteiger partial charge in [0.2, 0.25) is 5.75 Å². The fraction of sp³-hybridized carbons (Fsp3) is 0.588. The van der Waals surface area contributed by atoms with Crippen LogP contribution in [-0.4, -0.2) is 38.9 Å². The smallest absolute Gasteiger partial charge is 0.200 e. The highest BCUT2D eigenvalue weighted by atomic mass is 127. The molecular formula is C17H30IN3O3. The third-order valence-electron chi connectivity index (χ3n) is 3.47. The predicted molar refractivity (Wildman–Crippen MR) is 109 cm³/mol. The fourth-order valence-corrected chi connectivity index (χ4v) is 2.17. The van der Waals surface area contributed by atoms with Crippen LogP contribution in [0.15, 0.2) is 17.1 Å². The number of rotatable bonds is 8. The molecule has 138 valence electrons. The predicted octanol–water partition coefficient (Wildman–Crippen LogP) is 3.13. The van der Waals surface area contributed by atoms with Gasteiger partial charge in [-0.15, -0.1) is 24.0 Å². The molecule has 24 heavy (non-hydrogen) atoms. The molecule has 0 amide bonds. The van der Waals surface area contributed by atoms with E-state index in [1.165, 1.54) is 20.6 Å². The van der Waals surface area contributed by atoms with Gasteiger partial charge >= 0.3 is 0 Å².